The van der Waals surface area contributed by atoms with E-state index in [2.05, 4.69) is 36.5 Å². The topological polar surface area (TPSA) is 24.9 Å². The van der Waals surface area contributed by atoms with Crippen molar-refractivity contribution in [2.75, 3.05) is 6.54 Å². The maximum atomic E-state index is 6.25. The Hall–Kier alpha value is -1.90. The second-order valence-corrected chi connectivity index (χ2v) is 5.38. The fraction of sp³-hybridized carbons (Fsp3) is 0.167. The van der Waals surface area contributed by atoms with Crippen LogP contribution in [0.4, 0.5) is 0 Å². The van der Waals surface area contributed by atoms with Crippen molar-refractivity contribution in [3.05, 3.63) is 65.2 Å². The molecule has 1 aromatic heterocycles. The Balaban J connectivity index is 2.01. The number of hydrogen-bond acceptors (Lipinski definition) is 2. The van der Waals surface area contributed by atoms with E-state index in [0.717, 1.165) is 45.8 Å². The first-order chi connectivity index (χ1) is 10.3. The van der Waals surface area contributed by atoms with E-state index in [-0.39, 0.29) is 0 Å². The fourth-order valence-corrected chi connectivity index (χ4v) is 2.54. The van der Waals surface area contributed by atoms with Gasteiger partial charge in [0.1, 0.15) is 0 Å². The molecule has 3 heteroatoms. The monoisotopic (exact) mass is 296 g/mol. The lowest BCUT2D eigenvalue weighted by atomic mass is 10.1. The van der Waals surface area contributed by atoms with Crippen molar-refractivity contribution in [3.8, 4) is 11.3 Å². The van der Waals surface area contributed by atoms with Gasteiger partial charge in [-0.15, -0.1) is 0 Å². The van der Waals surface area contributed by atoms with Crippen molar-refractivity contribution < 1.29 is 0 Å². The molecule has 0 fully saturated rings. The molecule has 3 rings (SSSR count). The van der Waals surface area contributed by atoms with Crippen LogP contribution in [0.1, 0.15) is 12.5 Å². The molecule has 0 aliphatic heterocycles. The van der Waals surface area contributed by atoms with Gasteiger partial charge in [-0.25, -0.2) is 4.98 Å². The Morgan fingerprint density at radius 3 is 2.76 bits per heavy atom. The van der Waals surface area contributed by atoms with Crippen molar-refractivity contribution in [2.24, 2.45) is 0 Å². The minimum atomic E-state index is 0.775. The van der Waals surface area contributed by atoms with E-state index >= 15 is 0 Å². The maximum absolute atomic E-state index is 6.25. The summed E-state index contributed by atoms with van der Waals surface area (Å²) in [5, 5.41) is 5.26. The van der Waals surface area contributed by atoms with Gasteiger partial charge in [0, 0.05) is 22.5 Å². The van der Waals surface area contributed by atoms with Crippen LogP contribution in [0.25, 0.3) is 22.2 Å². The summed E-state index contributed by atoms with van der Waals surface area (Å²) in [6, 6.07) is 18.4. The molecule has 2 aromatic carbocycles. The summed E-state index contributed by atoms with van der Waals surface area (Å²) >= 11 is 6.25. The molecule has 1 heterocycles. The summed E-state index contributed by atoms with van der Waals surface area (Å²) < 4.78 is 0. The average molecular weight is 297 g/mol. The fourth-order valence-electron chi connectivity index (χ4n) is 2.36. The van der Waals surface area contributed by atoms with E-state index in [1.807, 2.05) is 30.3 Å². The van der Waals surface area contributed by atoms with Gasteiger partial charge in [-0.1, -0.05) is 48.9 Å². The highest BCUT2D eigenvalue weighted by Gasteiger charge is 2.05. The zero-order valence-electron chi connectivity index (χ0n) is 11.9. The van der Waals surface area contributed by atoms with Gasteiger partial charge in [-0.3, -0.25) is 0 Å². The summed E-state index contributed by atoms with van der Waals surface area (Å²) in [6.45, 7) is 3.79. The van der Waals surface area contributed by atoms with Gasteiger partial charge >= 0.3 is 0 Å². The molecule has 0 spiro atoms. The van der Waals surface area contributed by atoms with Crippen molar-refractivity contribution >= 4 is 22.5 Å². The number of benzene rings is 2. The molecule has 0 amide bonds. The summed E-state index contributed by atoms with van der Waals surface area (Å²) in [6.07, 6.45) is 0. The van der Waals surface area contributed by atoms with Crippen molar-refractivity contribution in [3.63, 3.8) is 0 Å². The van der Waals surface area contributed by atoms with Crippen LogP contribution in [0.2, 0.25) is 5.02 Å². The number of para-hydroxylation sites is 1. The third-order valence-corrected chi connectivity index (χ3v) is 3.87. The number of nitrogens with zero attached hydrogens (tertiary/aromatic N) is 1. The number of hydrogen-bond donors (Lipinski definition) is 1. The van der Waals surface area contributed by atoms with Crippen LogP contribution in [0, 0.1) is 0 Å². The lowest BCUT2D eigenvalue weighted by molar-refractivity contribution is 0.727. The van der Waals surface area contributed by atoms with Gasteiger partial charge in [0.25, 0.3) is 0 Å². The van der Waals surface area contributed by atoms with E-state index in [1.165, 1.54) is 0 Å². The normalized spacial score (nSPS) is 11.0. The lowest BCUT2D eigenvalue weighted by Gasteiger charge is -2.09. The molecule has 0 saturated carbocycles. The Bertz CT molecular complexity index is 768. The van der Waals surface area contributed by atoms with E-state index in [0.29, 0.717) is 0 Å². The molecule has 106 valence electrons. The number of aromatic nitrogens is 1. The van der Waals surface area contributed by atoms with Crippen LogP contribution in [-0.4, -0.2) is 11.5 Å². The highest BCUT2D eigenvalue weighted by molar-refractivity contribution is 6.31. The number of halogens is 1. The minimum absolute atomic E-state index is 0.775. The molecule has 3 aromatic rings. The minimum Gasteiger partial charge on any atom is -0.313 e. The Morgan fingerprint density at radius 1 is 1.05 bits per heavy atom. The molecule has 1 N–H and O–H groups in total. The number of pyridine rings is 1. The summed E-state index contributed by atoms with van der Waals surface area (Å²) in [4.78, 5) is 4.73. The molecule has 0 unspecified atom stereocenters. The van der Waals surface area contributed by atoms with Gasteiger partial charge in [0.15, 0.2) is 0 Å². The molecule has 21 heavy (non-hydrogen) atoms. The molecular formula is C18H17ClN2. The molecule has 2 nitrogen and oxygen atoms in total. The van der Waals surface area contributed by atoms with Gasteiger partial charge in [0.2, 0.25) is 0 Å². The third-order valence-electron chi connectivity index (χ3n) is 3.51. The predicted octanol–water partition coefficient (Wildman–Crippen LogP) is 4.66. The smallest absolute Gasteiger partial charge is 0.0709 e. The summed E-state index contributed by atoms with van der Waals surface area (Å²) in [7, 11) is 0. The Morgan fingerprint density at radius 2 is 1.90 bits per heavy atom. The largest absolute Gasteiger partial charge is 0.313 e. The lowest BCUT2D eigenvalue weighted by Crippen LogP contribution is -2.12. The SMILES string of the molecule is CCNCc1cc(-c2ccc3ccccc3n2)ccc1Cl. The van der Waals surface area contributed by atoms with Gasteiger partial charge in [-0.2, -0.15) is 0 Å². The second kappa shape index (κ2) is 6.25. The maximum Gasteiger partial charge on any atom is 0.0709 e. The Kier molecular flexibility index (Phi) is 4.18. The van der Waals surface area contributed by atoms with E-state index in [9.17, 15) is 0 Å². The van der Waals surface area contributed by atoms with Crippen LogP contribution in [0.15, 0.2) is 54.6 Å². The third kappa shape index (κ3) is 3.07. The molecule has 0 radical (unpaired) electrons. The number of nitrogens with one attached hydrogen (secondary N) is 1. The van der Waals surface area contributed by atoms with E-state index in [4.69, 9.17) is 16.6 Å². The predicted molar refractivity (Wildman–Crippen MR) is 89.6 cm³/mol. The summed E-state index contributed by atoms with van der Waals surface area (Å²) in [5.41, 5.74) is 4.19. The average Bonchev–Trinajstić information content (AvgIpc) is 2.53. The second-order valence-electron chi connectivity index (χ2n) is 4.98. The molecule has 0 bridgehead atoms. The quantitative estimate of drug-likeness (QED) is 0.757. The van der Waals surface area contributed by atoms with Gasteiger partial charge in [0.05, 0.1) is 11.2 Å². The van der Waals surface area contributed by atoms with Crippen LogP contribution < -0.4 is 5.32 Å². The number of rotatable bonds is 4. The number of fused-ring (bicyclic) bond motifs is 1. The molecule has 0 aliphatic rings. The first-order valence-electron chi connectivity index (χ1n) is 7.13. The van der Waals surface area contributed by atoms with Crippen LogP contribution in [0.3, 0.4) is 0 Å². The zero-order chi connectivity index (χ0) is 14.7. The molecule has 0 aliphatic carbocycles. The zero-order valence-corrected chi connectivity index (χ0v) is 12.7. The summed E-state index contributed by atoms with van der Waals surface area (Å²) in [5.74, 6) is 0. The molecule has 0 atom stereocenters. The van der Waals surface area contributed by atoms with Crippen LogP contribution in [0.5, 0.6) is 0 Å². The standard InChI is InChI=1S/C18H17ClN2/c1-2-20-12-15-11-14(7-9-16(15)19)18-10-8-13-5-3-4-6-17(13)21-18/h3-11,20H,2,12H2,1H3. The van der Waals surface area contributed by atoms with Crippen LogP contribution >= 0.6 is 11.6 Å². The first-order valence-corrected chi connectivity index (χ1v) is 7.51. The van der Waals surface area contributed by atoms with Gasteiger partial charge in [-0.05, 0) is 36.4 Å². The van der Waals surface area contributed by atoms with E-state index in [1.54, 1.807) is 0 Å². The highest BCUT2D eigenvalue weighted by atomic mass is 35.5. The van der Waals surface area contributed by atoms with Crippen molar-refractivity contribution in [2.45, 2.75) is 13.5 Å². The molecule has 0 saturated heterocycles. The highest BCUT2D eigenvalue weighted by Crippen LogP contribution is 2.25. The van der Waals surface area contributed by atoms with E-state index < -0.39 is 0 Å². The van der Waals surface area contributed by atoms with Crippen LogP contribution in [-0.2, 0) is 6.54 Å². The van der Waals surface area contributed by atoms with Crippen molar-refractivity contribution in [1.29, 1.82) is 0 Å². The Labute approximate surface area is 129 Å². The van der Waals surface area contributed by atoms with Crippen molar-refractivity contribution in [1.82, 2.24) is 10.3 Å². The van der Waals surface area contributed by atoms with Gasteiger partial charge < -0.3 is 5.32 Å². The molecular weight excluding hydrogens is 280 g/mol. The first kappa shape index (κ1) is 14.1.